The van der Waals surface area contributed by atoms with Gasteiger partial charge in [0, 0.05) is 18.3 Å². The van der Waals surface area contributed by atoms with Gasteiger partial charge in [-0.25, -0.2) is 14.8 Å². The summed E-state index contributed by atoms with van der Waals surface area (Å²) in [5.74, 6) is 0.733. The average molecular weight is 285 g/mol. The molecule has 1 N–H and O–H groups in total. The lowest BCUT2D eigenvalue weighted by Crippen LogP contribution is -2.11. The third-order valence-corrected chi connectivity index (χ3v) is 2.96. The summed E-state index contributed by atoms with van der Waals surface area (Å²) in [6, 6.07) is 7.87. The van der Waals surface area contributed by atoms with Crippen LogP contribution in [0.1, 0.15) is 35.6 Å². The topological polar surface area (TPSA) is 64.1 Å². The standard InChI is InChI=1S/C16H19N3O2/c1-4-14-17-10-13(16(20)21-5-2)15(19-14)18-12-8-6-11(3)7-9-12/h6-10H,4-5H2,1-3H3,(H,17,18,19). The molecule has 0 saturated carbocycles. The van der Waals surface area contributed by atoms with Crippen molar-refractivity contribution in [2.45, 2.75) is 27.2 Å². The van der Waals surface area contributed by atoms with Gasteiger partial charge in [-0.3, -0.25) is 0 Å². The highest BCUT2D eigenvalue weighted by Crippen LogP contribution is 2.20. The Balaban J connectivity index is 2.34. The number of rotatable bonds is 5. The van der Waals surface area contributed by atoms with Gasteiger partial charge in [-0.2, -0.15) is 0 Å². The first kappa shape index (κ1) is 15.0. The van der Waals surface area contributed by atoms with E-state index in [2.05, 4.69) is 15.3 Å². The largest absolute Gasteiger partial charge is 0.462 e. The summed E-state index contributed by atoms with van der Waals surface area (Å²) >= 11 is 0. The third-order valence-electron chi connectivity index (χ3n) is 2.96. The number of esters is 1. The normalized spacial score (nSPS) is 10.2. The van der Waals surface area contributed by atoms with E-state index < -0.39 is 5.97 Å². The molecule has 0 saturated heterocycles. The molecule has 1 heterocycles. The smallest absolute Gasteiger partial charge is 0.343 e. The van der Waals surface area contributed by atoms with E-state index in [1.807, 2.05) is 38.1 Å². The Kier molecular flexibility index (Phi) is 4.87. The van der Waals surface area contributed by atoms with E-state index in [0.717, 1.165) is 5.69 Å². The van der Waals surface area contributed by atoms with Crippen LogP contribution in [0.2, 0.25) is 0 Å². The highest BCUT2D eigenvalue weighted by molar-refractivity contribution is 5.95. The number of benzene rings is 1. The molecule has 0 radical (unpaired) electrons. The Bertz CT molecular complexity index is 624. The molecular formula is C16H19N3O2. The lowest BCUT2D eigenvalue weighted by atomic mass is 10.2. The molecule has 110 valence electrons. The Morgan fingerprint density at radius 1 is 1.24 bits per heavy atom. The van der Waals surface area contributed by atoms with Crippen molar-refractivity contribution in [3.63, 3.8) is 0 Å². The van der Waals surface area contributed by atoms with E-state index in [-0.39, 0.29) is 0 Å². The number of carbonyl (C=O) groups excluding carboxylic acids is 1. The van der Waals surface area contributed by atoms with Crippen LogP contribution in [0.5, 0.6) is 0 Å². The molecule has 1 aromatic carbocycles. The van der Waals surface area contributed by atoms with Crippen molar-refractivity contribution in [3.05, 3.63) is 47.4 Å². The van der Waals surface area contributed by atoms with Crippen LogP contribution in [0, 0.1) is 6.92 Å². The molecule has 0 fully saturated rings. The Morgan fingerprint density at radius 3 is 2.57 bits per heavy atom. The van der Waals surface area contributed by atoms with Crippen LogP contribution >= 0.6 is 0 Å². The Morgan fingerprint density at radius 2 is 1.95 bits per heavy atom. The fraction of sp³-hybridized carbons (Fsp3) is 0.312. The second kappa shape index (κ2) is 6.83. The van der Waals surface area contributed by atoms with Gasteiger partial charge in [0.25, 0.3) is 0 Å². The monoisotopic (exact) mass is 285 g/mol. The summed E-state index contributed by atoms with van der Waals surface area (Å²) < 4.78 is 5.04. The van der Waals surface area contributed by atoms with Gasteiger partial charge in [0.2, 0.25) is 0 Å². The van der Waals surface area contributed by atoms with Crippen LogP contribution in [0.15, 0.2) is 30.5 Å². The minimum absolute atomic E-state index is 0.318. The fourth-order valence-electron chi connectivity index (χ4n) is 1.82. The predicted molar refractivity (Wildman–Crippen MR) is 81.8 cm³/mol. The molecule has 0 aliphatic rings. The zero-order valence-electron chi connectivity index (χ0n) is 12.5. The van der Waals surface area contributed by atoms with Crippen molar-refractivity contribution in [3.8, 4) is 0 Å². The van der Waals surface area contributed by atoms with Gasteiger partial charge in [0.15, 0.2) is 0 Å². The quantitative estimate of drug-likeness (QED) is 0.854. The molecule has 0 amide bonds. The van der Waals surface area contributed by atoms with Crippen LogP contribution in [0.25, 0.3) is 0 Å². The number of aryl methyl sites for hydroxylation is 2. The van der Waals surface area contributed by atoms with E-state index in [4.69, 9.17) is 4.74 Å². The summed E-state index contributed by atoms with van der Waals surface area (Å²) in [5.41, 5.74) is 2.38. The van der Waals surface area contributed by atoms with Crippen molar-refractivity contribution in [2.24, 2.45) is 0 Å². The van der Waals surface area contributed by atoms with Crippen molar-refractivity contribution in [2.75, 3.05) is 11.9 Å². The van der Waals surface area contributed by atoms with E-state index in [1.165, 1.54) is 11.8 Å². The van der Waals surface area contributed by atoms with Crippen LogP contribution in [-0.2, 0) is 11.2 Å². The van der Waals surface area contributed by atoms with E-state index in [0.29, 0.717) is 30.2 Å². The van der Waals surface area contributed by atoms with Crippen LogP contribution < -0.4 is 5.32 Å². The molecule has 21 heavy (non-hydrogen) atoms. The molecule has 1 aromatic heterocycles. The van der Waals surface area contributed by atoms with Gasteiger partial charge in [0.05, 0.1) is 6.61 Å². The molecule has 0 bridgehead atoms. The molecule has 0 atom stereocenters. The van der Waals surface area contributed by atoms with Crippen molar-refractivity contribution < 1.29 is 9.53 Å². The van der Waals surface area contributed by atoms with Crippen LogP contribution in [0.3, 0.4) is 0 Å². The lowest BCUT2D eigenvalue weighted by Gasteiger charge is -2.11. The van der Waals surface area contributed by atoms with Gasteiger partial charge < -0.3 is 10.1 Å². The molecule has 5 heteroatoms. The first-order chi connectivity index (χ1) is 10.1. The summed E-state index contributed by atoms with van der Waals surface area (Å²) in [6.07, 6.45) is 2.21. The second-order valence-corrected chi connectivity index (χ2v) is 4.61. The van der Waals surface area contributed by atoms with Crippen molar-refractivity contribution >= 4 is 17.5 Å². The third kappa shape index (κ3) is 3.78. The SMILES string of the molecule is CCOC(=O)c1cnc(CC)nc1Nc1ccc(C)cc1. The van der Waals surface area contributed by atoms with Gasteiger partial charge >= 0.3 is 5.97 Å². The van der Waals surface area contributed by atoms with Gasteiger partial charge in [-0.05, 0) is 26.0 Å². The van der Waals surface area contributed by atoms with Crippen LogP contribution in [-0.4, -0.2) is 22.5 Å². The highest BCUT2D eigenvalue weighted by Gasteiger charge is 2.15. The first-order valence-electron chi connectivity index (χ1n) is 7.00. The Labute approximate surface area is 124 Å². The molecule has 0 aliphatic heterocycles. The molecule has 0 spiro atoms. The van der Waals surface area contributed by atoms with Crippen molar-refractivity contribution in [1.29, 1.82) is 0 Å². The number of hydrogen-bond acceptors (Lipinski definition) is 5. The maximum absolute atomic E-state index is 12.0. The number of aromatic nitrogens is 2. The highest BCUT2D eigenvalue weighted by atomic mass is 16.5. The Hall–Kier alpha value is -2.43. The summed E-state index contributed by atoms with van der Waals surface area (Å²) in [5, 5.41) is 3.16. The number of nitrogens with zero attached hydrogens (tertiary/aromatic N) is 2. The average Bonchev–Trinajstić information content (AvgIpc) is 2.49. The van der Waals surface area contributed by atoms with Crippen LogP contribution in [0.4, 0.5) is 11.5 Å². The number of hydrogen-bond donors (Lipinski definition) is 1. The van der Waals surface area contributed by atoms with E-state index >= 15 is 0 Å². The van der Waals surface area contributed by atoms with Gasteiger partial charge in [0.1, 0.15) is 17.2 Å². The molecular weight excluding hydrogens is 266 g/mol. The van der Waals surface area contributed by atoms with Crippen molar-refractivity contribution in [1.82, 2.24) is 9.97 Å². The lowest BCUT2D eigenvalue weighted by molar-refractivity contribution is 0.0526. The minimum atomic E-state index is -0.422. The fourth-order valence-corrected chi connectivity index (χ4v) is 1.82. The first-order valence-corrected chi connectivity index (χ1v) is 7.00. The number of carbonyl (C=O) groups is 1. The van der Waals surface area contributed by atoms with Gasteiger partial charge in [-0.1, -0.05) is 24.6 Å². The second-order valence-electron chi connectivity index (χ2n) is 4.61. The summed E-state index contributed by atoms with van der Waals surface area (Å²) in [6.45, 7) is 6.08. The maximum Gasteiger partial charge on any atom is 0.343 e. The predicted octanol–water partition coefficient (Wildman–Crippen LogP) is 3.27. The summed E-state index contributed by atoms with van der Waals surface area (Å²) in [7, 11) is 0. The maximum atomic E-state index is 12.0. The summed E-state index contributed by atoms with van der Waals surface area (Å²) in [4.78, 5) is 20.5. The zero-order valence-corrected chi connectivity index (χ0v) is 12.5. The molecule has 0 unspecified atom stereocenters. The minimum Gasteiger partial charge on any atom is -0.462 e. The zero-order chi connectivity index (χ0) is 15.2. The number of nitrogens with one attached hydrogen (secondary N) is 1. The number of anilines is 2. The molecule has 2 aromatic rings. The molecule has 5 nitrogen and oxygen atoms in total. The molecule has 0 aliphatic carbocycles. The van der Waals surface area contributed by atoms with E-state index in [1.54, 1.807) is 6.92 Å². The van der Waals surface area contributed by atoms with E-state index in [9.17, 15) is 4.79 Å². The van der Waals surface area contributed by atoms with Gasteiger partial charge in [-0.15, -0.1) is 0 Å². The number of ether oxygens (including phenoxy) is 1. The molecule has 2 rings (SSSR count).